The Morgan fingerprint density at radius 3 is 3.08 bits per heavy atom. The first-order chi connectivity index (χ1) is 5.81. The largest absolute Gasteiger partial charge is 0.361 e. The lowest BCUT2D eigenvalue weighted by atomic mass is 10.2. The van der Waals surface area contributed by atoms with E-state index in [2.05, 4.69) is 29.0 Å². The molecule has 0 aromatic carbocycles. The second kappa shape index (κ2) is 2.63. The number of aryl methyl sites for hydroxylation is 2. The van der Waals surface area contributed by atoms with Crippen molar-refractivity contribution in [2.75, 3.05) is 0 Å². The molecule has 0 fully saturated rings. The van der Waals surface area contributed by atoms with Crippen LogP contribution in [0.5, 0.6) is 0 Å². The molecule has 0 spiro atoms. The van der Waals surface area contributed by atoms with Gasteiger partial charge in [0.25, 0.3) is 0 Å². The maximum atomic E-state index is 4.47. The number of H-pyrrole nitrogens is 1. The molecule has 0 aliphatic carbocycles. The number of rotatable bonds is 1. The second-order valence-electron chi connectivity index (χ2n) is 3.00. The fourth-order valence-electron chi connectivity index (χ4n) is 1.54. The molecule has 0 aliphatic heterocycles. The molecule has 12 heavy (non-hydrogen) atoms. The summed E-state index contributed by atoms with van der Waals surface area (Å²) in [5, 5.41) is 1.25. The van der Waals surface area contributed by atoms with Gasteiger partial charge in [-0.3, -0.25) is 4.98 Å². The van der Waals surface area contributed by atoms with Crippen molar-refractivity contribution in [3.05, 3.63) is 29.7 Å². The van der Waals surface area contributed by atoms with E-state index < -0.39 is 0 Å². The van der Waals surface area contributed by atoms with Crippen LogP contribution in [0.2, 0.25) is 0 Å². The number of nitrogens with one attached hydrogen (secondary N) is 1. The Morgan fingerprint density at radius 1 is 1.50 bits per heavy atom. The minimum atomic E-state index is 0.996. The third-order valence-electron chi connectivity index (χ3n) is 2.09. The molecule has 0 atom stereocenters. The summed E-state index contributed by atoms with van der Waals surface area (Å²) in [6, 6.07) is 4.16. The molecule has 2 nitrogen and oxygen atoms in total. The van der Waals surface area contributed by atoms with Crippen LogP contribution in [0.3, 0.4) is 0 Å². The molecule has 0 unspecified atom stereocenters. The number of hydrogen-bond acceptors (Lipinski definition) is 1. The summed E-state index contributed by atoms with van der Waals surface area (Å²) < 4.78 is 0. The lowest BCUT2D eigenvalue weighted by molar-refractivity contribution is 1.03. The van der Waals surface area contributed by atoms with Gasteiger partial charge < -0.3 is 4.98 Å². The highest BCUT2D eigenvalue weighted by Gasteiger charge is 2.01. The summed E-state index contributed by atoms with van der Waals surface area (Å²) in [7, 11) is 0. The number of nitrogens with zero attached hydrogens (tertiary/aromatic N) is 1. The molecule has 0 saturated carbocycles. The molecular formula is C10H12N2. The normalized spacial score (nSPS) is 10.8. The Kier molecular flexibility index (Phi) is 1.61. The van der Waals surface area contributed by atoms with Gasteiger partial charge in [0.05, 0.1) is 0 Å². The van der Waals surface area contributed by atoms with E-state index in [9.17, 15) is 0 Å². The highest BCUT2D eigenvalue weighted by atomic mass is 14.7. The topological polar surface area (TPSA) is 28.7 Å². The smallest absolute Gasteiger partial charge is 0.0497 e. The summed E-state index contributed by atoms with van der Waals surface area (Å²) >= 11 is 0. The molecule has 1 N–H and O–H groups in total. The van der Waals surface area contributed by atoms with Crippen LogP contribution >= 0.6 is 0 Å². The van der Waals surface area contributed by atoms with E-state index in [4.69, 9.17) is 0 Å². The van der Waals surface area contributed by atoms with E-state index in [1.165, 1.54) is 16.6 Å². The average molecular weight is 160 g/mol. The van der Waals surface area contributed by atoms with Gasteiger partial charge in [0.15, 0.2) is 0 Å². The molecule has 2 heteroatoms. The predicted octanol–water partition coefficient (Wildman–Crippen LogP) is 2.43. The Morgan fingerprint density at radius 2 is 2.33 bits per heavy atom. The monoisotopic (exact) mass is 160 g/mol. The molecule has 2 aromatic rings. The van der Waals surface area contributed by atoms with Gasteiger partial charge in [-0.25, -0.2) is 0 Å². The first-order valence-electron chi connectivity index (χ1n) is 4.25. The zero-order valence-electron chi connectivity index (χ0n) is 7.39. The Hall–Kier alpha value is -1.31. The highest BCUT2D eigenvalue weighted by molar-refractivity contribution is 5.81. The van der Waals surface area contributed by atoms with Crippen LogP contribution in [0.1, 0.15) is 18.3 Å². The van der Waals surface area contributed by atoms with Crippen LogP contribution in [0.4, 0.5) is 0 Å². The quantitative estimate of drug-likeness (QED) is 0.682. The molecule has 2 heterocycles. The average Bonchev–Trinajstić information content (AvgIpc) is 2.50. The molecule has 2 aromatic heterocycles. The lowest BCUT2D eigenvalue weighted by Gasteiger charge is -2.00. The van der Waals surface area contributed by atoms with Crippen LogP contribution in [-0.2, 0) is 6.42 Å². The van der Waals surface area contributed by atoms with Gasteiger partial charge in [-0.2, -0.15) is 0 Å². The molecule has 0 aliphatic rings. The molecule has 0 bridgehead atoms. The Balaban J connectivity index is 2.80. The van der Waals surface area contributed by atoms with Crippen molar-refractivity contribution in [1.82, 2.24) is 9.97 Å². The summed E-state index contributed by atoms with van der Waals surface area (Å²) in [5.41, 5.74) is 3.47. The van der Waals surface area contributed by atoms with E-state index in [1.54, 1.807) is 0 Å². The maximum Gasteiger partial charge on any atom is 0.0497 e. The van der Waals surface area contributed by atoms with Crippen molar-refractivity contribution >= 4 is 10.9 Å². The van der Waals surface area contributed by atoms with Crippen LogP contribution in [0.25, 0.3) is 10.9 Å². The van der Waals surface area contributed by atoms with Gasteiger partial charge in [-0.05, 0) is 25.5 Å². The number of pyridine rings is 1. The van der Waals surface area contributed by atoms with Gasteiger partial charge in [0.1, 0.15) is 0 Å². The third kappa shape index (κ3) is 0.998. The maximum absolute atomic E-state index is 4.47. The third-order valence-corrected chi connectivity index (χ3v) is 2.09. The van der Waals surface area contributed by atoms with Crippen molar-refractivity contribution in [2.24, 2.45) is 0 Å². The van der Waals surface area contributed by atoms with Crippen LogP contribution in [0, 0.1) is 6.92 Å². The first-order valence-corrected chi connectivity index (χ1v) is 4.25. The molecular weight excluding hydrogens is 148 g/mol. The Bertz CT molecular complexity index is 401. The van der Waals surface area contributed by atoms with E-state index in [1.807, 2.05) is 13.1 Å². The zero-order valence-corrected chi connectivity index (χ0v) is 7.39. The molecule has 0 amide bonds. The van der Waals surface area contributed by atoms with Gasteiger partial charge in [-0.15, -0.1) is 0 Å². The SMILES string of the molecule is CCc1nc(C)cc2[nH]ccc12. The van der Waals surface area contributed by atoms with Crippen LogP contribution in [0.15, 0.2) is 18.3 Å². The fourth-order valence-corrected chi connectivity index (χ4v) is 1.54. The van der Waals surface area contributed by atoms with Gasteiger partial charge in [0.2, 0.25) is 0 Å². The number of fused-ring (bicyclic) bond motifs is 1. The summed E-state index contributed by atoms with van der Waals surface area (Å²) in [5.74, 6) is 0. The molecule has 2 rings (SSSR count). The van der Waals surface area contributed by atoms with Gasteiger partial charge in [-0.1, -0.05) is 6.92 Å². The van der Waals surface area contributed by atoms with Crippen molar-refractivity contribution in [3.63, 3.8) is 0 Å². The van der Waals surface area contributed by atoms with E-state index in [0.29, 0.717) is 0 Å². The van der Waals surface area contributed by atoms with Crippen molar-refractivity contribution in [1.29, 1.82) is 0 Å². The summed E-state index contributed by atoms with van der Waals surface area (Å²) in [6.45, 7) is 4.16. The van der Waals surface area contributed by atoms with Gasteiger partial charge >= 0.3 is 0 Å². The summed E-state index contributed by atoms with van der Waals surface area (Å²) in [6.07, 6.45) is 2.96. The predicted molar refractivity (Wildman–Crippen MR) is 50.2 cm³/mol. The van der Waals surface area contributed by atoms with Crippen molar-refractivity contribution in [2.45, 2.75) is 20.3 Å². The van der Waals surface area contributed by atoms with Gasteiger partial charge in [0, 0.05) is 28.5 Å². The number of aromatic nitrogens is 2. The van der Waals surface area contributed by atoms with Crippen molar-refractivity contribution < 1.29 is 0 Å². The van der Waals surface area contributed by atoms with E-state index in [-0.39, 0.29) is 0 Å². The lowest BCUT2D eigenvalue weighted by Crippen LogP contribution is -1.90. The first kappa shape index (κ1) is 7.35. The fraction of sp³-hybridized carbons (Fsp3) is 0.300. The standard InChI is InChI=1S/C10H12N2/c1-3-9-8-4-5-11-10(8)6-7(2)12-9/h4-6,11H,3H2,1-2H3. The Labute approximate surface area is 71.6 Å². The minimum absolute atomic E-state index is 0.996. The van der Waals surface area contributed by atoms with Crippen molar-refractivity contribution in [3.8, 4) is 0 Å². The van der Waals surface area contributed by atoms with Crippen LogP contribution in [-0.4, -0.2) is 9.97 Å². The number of hydrogen-bond donors (Lipinski definition) is 1. The second-order valence-corrected chi connectivity index (χ2v) is 3.00. The zero-order chi connectivity index (χ0) is 8.55. The molecule has 0 saturated heterocycles. The highest BCUT2D eigenvalue weighted by Crippen LogP contribution is 2.16. The van der Waals surface area contributed by atoms with E-state index >= 15 is 0 Å². The number of aromatic amines is 1. The summed E-state index contributed by atoms with van der Waals surface area (Å²) in [4.78, 5) is 7.67. The van der Waals surface area contributed by atoms with Crippen LogP contribution < -0.4 is 0 Å². The van der Waals surface area contributed by atoms with E-state index in [0.717, 1.165) is 12.1 Å². The molecule has 0 radical (unpaired) electrons. The minimum Gasteiger partial charge on any atom is -0.361 e. The molecule has 62 valence electrons.